The van der Waals surface area contributed by atoms with Crippen molar-refractivity contribution < 1.29 is 9.13 Å². The van der Waals surface area contributed by atoms with Crippen LogP contribution in [0.15, 0.2) is 18.2 Å². The van der Waals surface area contributed by atoms with Crippen molar-refractivity contribution in [2.45, 2.75) is 33.3 Å². The maximum atomic E-state index is 13.4. The van der Waals surface area contributed by atoms with Crippen LogP contribution in [0.5, 0.6) is 0 Å². The molecule has 1 rings (SSSR count). The molecule has 1 atom stereocenters. The Labute approximate surface area is 84.9 Å². The molecule has 0 aliphatic carbocycles. The van der Waals surface area contributed by atoms with Gasteiger partial charge in [-0.1, -0.05) is 19.1 Å². The van der Waals surface area contributed by atoms with Crippen molar-refractivity contribution in [1.29, 1.82) is 0 Å². The Morgan fingerprint density at radius 1 is 1.36 bits per heavy atom. The van der Waals surface area contributed by atoms with Gasteiger partial charge in [0, 0.05) is 12.2 Å². The van der Waals surface area contributed by atoms with Crippen molar-refractivity contribution >= 4 is 0 Å². The van der Waals surface area contributed by atoms with E-state index in [1.54, 1.807) is 0 Å². The van der Waals surface area contributed by atoms with E-state index >= 15 is 0 Å². The van der Waals surface area contributed by atoms with Crippen LogP contribution in [0.1, 0.15) is 38.0 Å². The van der Waals surface area contributed by atoms with Crippen molar-refractivity contribution in [1.82, 2.24) is 0 Å². The van der Waals surface area contributed by atoms with Gasteiger partial charge in [-0.2, -0.15) is 0 Å². The molecular formula is C12H17FO. The summed E-state index contributed by atoms with van der Waals surface area (Å²) in [5.41, 5.74) is 1.80. The summed E-state index contributed by atoms with van der Waals surface area (Å²) in [5, 5.41) is 0. The molecule has 1 aromatic rings. The zero-order chi connectivity index (χ0) is 10.6. The summed E-state index contributed by atoms with van der Waals surface area (Å²) in [7, 11) is 0. The van der Waals surface area contributed by atoms with Crippen LogP contribution < -0.4 is 0 Å². The molecule has 14 heavy (non-hydrogen) atoms. The summed E-state index contributed by atoms with van der Waals surface area (Å²) in [6, 6.07) is 5.22. The number of benzene rings is 1. The second-order valence-electron chi connectivity index (χ2n) is 3.31. The number of ether oxygens (including phenoxy) is 1. The van der Waals surface area contributed by atoms with Crippen molar-refractivity contribution in [2.75, 3.05) is 6.61 Å². The molecule has 0 saturated heterocycles. The Balaban J connectivity index is 2.93. The molecule has 1 unspecified atom stereocenters. The van der Waals surface area contributed by atoms with Gasteiger partial charge in [0.05, 0.1) is 6.10 Å². The van der Waals surface area contributed by atoms with Crippen LogP contribution in [0.25, 0.3) is 0 Å². The Morgan fingerprint density at radius 2 is 2.07 bits per heavy atom. The first kappa shape index (κ1) is 11.2. The third kappa shape index (κ3) is 2.55. The number of rotatable bonds is 4. The molecule has 0 radical (unpaired) electrons. The van der Waals surface area contributed by atoms with Crippen LogP contribution in [0.4, 0.5) is 4.39 Å². The fourth-order valence-electron chi connectivity index (χ4n) is 1.46. The van der Waals surface area contributed by atoms with E-state index in [4.69, 9.17) is 4.74 Å². The maximum Gasteiger partial charge on any atom is 0.129 e. The highest BCUT2D eigenvalue weighted by atomic mass is 19.1. The van der Waals surface area contributed by atoms with Crippen molar-refractivity contribution in [3.05, 3.63) is 35.1 Å². The Morgan fingerprint density at radius 3 is 2.64 bits per heavy atom. The number of hydrogen-bond acceptors (Lipinski definition) is 1. The van der Waals surface area contributed by atoms with Gasteiger partial charge in [-0.15, -0.1) is 0 Å². The lowest BCUT2D eigenvalue weighted by atomic mass is 10.0. The molecule has 0 saturated carbocycles. The van der Waals surface area contributed by atoms with Crippen LogP contribution in [-0.2, 0) is 11.2 Å². The van der Waals surface area contributed by atoms with Crippen LogP contribution >= 0.6 is 0 Å². The normalized spacial score (nSPS) is 12.9. The van der Waals surface area contributed by atoms with E-state index in [0.717, 1.165) is 12.0 Å². The lowest BCUT2D eigenvalue weighted by molar-refractivity contribution is 0.0737. The summed E-state index contributed by atoms with van der Waals surface area (Å²) < 4.78 is 18.8. The van der Waals surface area contributed by atoms with Gasteiger partial charge in [-0.05, 0) is 31.9 Å². The van der Waals surface area contributed by atoms with E-state index in [-0.39, 0.29) is 11.9 Å². The largest absolute Gasteiger partial charge is 0.374 e. The minimum atomic E-state index is -0.178. The molecule has 0 aromatic heterocycles. The zero-order valence-corrected chi connectivity index (χ0v) is 9.01. The molecule has 0 spiro atoms. The van der Waals surface area contributed by atoms with Crippen LogP contribution in [0.2, 0.25) is 0 Å². The van der Waals surface area contributed by atoms with Crippen molar-refractivity contribution in [3.8, 4) is 0 Å². The van der Waals surface area contributed by atoms with Gasteiger partial charge in [0.2, 0.25) is 0 Å². The lowest BCUT2D eigenvalue weighted by Crippen LogP contribution is -2.03. The topological polar surface area (TPSA) is 9.23 Å². The molecule has 1 aromatic carbocycles. The Bertz CT molecular complexity index is 296. The highest BCUT2D eigenvalue weighted by molar-refractivity contribution is 5.26. The fourth-order valence-corrected chi connectivity index (χ4v) is 1.46. The molecule has 0 bridgehead atoms. The van der Waals surface area contributed by atoms with Gasteiger partial charge in [-0.25, -0.2) is 4.39 Å². The third-order valence-corrected chi connectivity index (χ3v) is 2.32. The SMILES string of the molecule is CCOC(C)c1cc(CC)ccc1F. The highest BCUT2D eigenvalue weighted by Gasteiger charge is 2.10. The summed E-state index contributed by atoms with van der Waals surface area (Å²) in [6.07, 6.45) is 0.762. The van der Waals surface area contributed by atoms with E-state index < -0.39 is 0 Å². The Kier molecular flexibility index (Phi) is 4.08. The standard InChI is InChI=1S/C12H17FO/c1-4-10-6-7-12(13)11(8-10)9(3)14-5-2/h6-9H,4-5H2,1-3H3. The van der Waals surface area contributed by atoms with E-state index in [2.05, 4.69) is 6.92 Å². The average Bonchev–Trinajstić information content (AvgIpc) is 2.19. The van der Waals surface area contributed by atoms with Crippen LogP contribution in [-0.4, -0.2) is 6.61 Å². The molecule has 0 aliphatic heterocycles. The van der Waals surface area contributed by atoms with E-state index in [1.165, 1.54) is 6.07 Å². The van der Waals surface area contributed by atoms with Crippen LogP contribution in [0.3, 0.4) is 0 Å². The van der Waals surface area contributed by atoms with Crippen molar-refractivity contribution in [2.24, 2.45) is 0 Å². The number of aryl methyl sites for hydroxylation is 1. The predicted molar refractivity (Wildman–Crippen MR) is 55.8 cm³/mol. The zero-order valence-electron chi connectivity index (χ0n) is 9.01. The van der Waals surface area contributed by atoms with Gasteiger partial charge < -0.3 is 4.74 Å². The van der Waals surface area contributed by atoms with E-state index in [9.17, 15) is 4.39 Å². The fraction of sp³-hybridized carbons (Fsp3) is 0.500. The second kappa shape index (κ2) is 5.11. The van der Waals surface area contributed by atoms with Gasteiger partial charge in [0.15, 0.2) is 0 Å². The molecular weight excluding hydrogens is 179 g/mol. The lowest BCUT2D eigenvalue weighted by Gasteiger charge is -2.13. The third-order valence-electron chi connectivity index (χ3n) is 2.32. The van der Waals surface area contributed by atoms with Gasteiger partial charge >= 0.3 is 0 Å². The molecule has 0 N–H and O–H groups in total. The first-order valence-electron chi connectivity index (χ1n) is 5.09. The van der Waals surface area contributed by atoms with E-state index in [1.807, 2.05) is 26.0 Å². The Hall–Kier alpha value is -0.890. The molecule has 2 heteroatoms. The van der Waals surface area contributed by atoms with Gasteiger partial charge in [0.1, 0.15) is 5.82 Å². The average molecular weight is 196 g/mol. The summed E-state index contributed by atoms with van der Waals surface area (Å²) in [6.45, 7) is 6.46. The molecule has 0 fully saturated rings. The molecule has 1 nitrogen and oxygen atoms in total. The monoisotopic (exact) mass is 196 g/mol. The van der Waals surface area contributed by atoms with Crippen LogP contribution in [0, 0.1) is 5.82 Å². The molecule has 0 aliphatic rings. The van der Waals surface area contributed by atoms with E-state index in [0.29, 0.717) is 12.2 Å². The molecule has 78 valence electrons. The van der Waals surface area contributed by atoms with Crippen molar-refractivity contribution in [3.63, 3.8) is 0 Å². The smallest absolute Gasteiger partial charge is 0.129 e. The summed E-state index contributed by atoms with van der Waals surface area (Å²) >= 11 is 0. The molecule has 0 heterocycles. The highest BCUT2D eigenvalue weighted by Crippen LogP contribution is 2.21. The number of hydrogen-bond donors (Lipinski definition) is 0. The maximum absolute atomic E-state index is 13.4. The second-order valence-corrected chi connectivity index (χ2v) is 3.31. The molecule has 0 amide bonds. The first-order chi connectivity index (χ1) is 6.69. The quantitative estimate of drug-likeness (QED) is 0.716. The number of halogens is 1. The predicted octanol–water partition coefficient (Wildman–Crippen LogP) is 3.49. The first-order valence-corrected chi connectivity index (χ1v) is 5.09. The summed E-state index contributed by atoms with van der Waals surface area (Å²) in [4.78, 5) is 0. The minimum Gasteiger partial charge on any atom is -0.374 e. The van der Waals surface area contributed by atoms with Gasteiger partial charge in [-0.3, -0.25) is 0 Å². The minimum absolute atomic E-state index is 0.161. The summed E-state index contributed by atoms with van der Waals surface area (Å²) in [5.74, 6) is -0.178. The van der Waals surface area contributed by atoms with Gasteiger partial charge in [0.25, 0.3) is 0 Å².